The van der Waals surface area contributed by atoms with Crippen LogP contribution in [0.25, 0.3) is 0 Å². The van der Waals surface area contributed by atoms with Crippen molar-refractivity contribution in [1.29, 1.82) is 0 Å². The lowest BCUT2D eigenvalue weighted by molar-refractivity contribution is 0.456. The number of hydrazine groups is 1. The molecule has 1 aromatic rings. The summed E-state index contributed by atoms with van der Waals surface area (Å²) in [5.41, 5.74) is 2.62. The van der Waals surface area contributed by atoms with Crippen LogP contribution < -0.4 is 16.6 Å². The fourth-order valence-electron chi connectivity index (χ4n) is 4.49. The molecular formula is C14H21N5. The Morgan fingerprint density at radius 1 is 1.21 bits per heavy atom. The molecule has 4 N–H and O–H groups in total. The van der Waals surface area contributed by atoms with Gasteiger partial charge in [0.15, 0.2) is 0 Å². The van der Waals surface area contributed by atoms with E-state index in [1.807, 2.05) is 6.07 Å². The molecule has 0 amide bonds. The summed E-state index contributed by atoms with van der Waals surface area (Å²) in [4.78, 5) is 8.89. The predicted octanol–water partition coefficient (Wildman–Crippen LogP) is 1.78. The van der Waals surface area contributed by atoms with E-state index in [-0.39, 0.29) is 0 Å². The molecule has 1 aromatic heterocycles. The van der Waals surface area contributed by atoms with E-state index in [2.05, 4.69) is 27.6 Å². The van der Waals surface area contributed by atoms with Crippen molar-refractivity contribution >= 4 is 11.6 Å². The third-order valence-corrected chi connectivity index (χ3v) is 5.29. The van der Waals surface area contributed by atoms with E-state index >= 15 is 0 Å². The first-order valence-corrected chi connectivity index (χ1v) is 7.41. The first kappa shape index (κ1) is 11.5. The molecule has 0 saturated heterocycles. The maximum absolute atomic E-state index is 5.47. The SMILES string of the molecule is CCc1nc(NN)cc(NC2C3C4CCC(C4)C23)n1. The lowest BCUT2D eigenvalue weighted by atomic mass is 10.0. The van der Waals surface area contributed by atoms with Gasteiger partial charge in [-0.1, -0.05) is 6.92 Å². The summed E-state index contributed by atoms with van der Waals surface area (Å²) in [7, 11) is 0. The Morgan fingerprint density at radius 2 is 1.89 bits per heavy atom. The Balaban J connectivity index is 1.52. The number of nitrogens with zero attached hydrogens (tertiary/aromatic N) is 2. The van der Waals surface area contributed by atoms with Crippen LogP contribution in [0.1, 0.15) is 32.0 Å². The van der Waals surface area contributed by atoms with Gasteiger partial charge in [-0.15, -0.1) is 0 Å². The molecule has 3 saturated carbocycles. The maximum atomic E-state index is 5.47. The minimum Gasteiger partial charge on any atom is -0.367 e. The van der Waals surface area contributed by atoms with Gasteiger partial charge in [0, 0.05) is 18.5 Å². The zero-order valence-electron chi connectivity index (χ0n) is 11.3. The Labute approximate surface area is 113 Å². The quantitative estimate of drug-likeness (QED) is 0.567. The normalized spacial score (nSPS) is 38.1. The molecule has 102 valence electrons. The maximum Gasteiger partial charge on any atom is 0.145 e. The Bertz CT molecular complexity index is 464. The first-order valence-electron chi connectivity index (χ1n) is 7.41. The number of fused-ring (bicyclic) bond motifs is 5. The minimum atomic E-state index is 0.650. The molecule has 3 aliphatic carbocycles. The van der Waals surface area contributed by atoms with Gasteiger partial charge in [0.2, 0.25) is 0 Å². The number of hydrogen-bond acceptors (Lipinski definition) is 5. The van der Waals surface area contributed by atoms with Crippen molar-refractivity contribution in [3.63, 3.8) is 0 Å². The van der Waals surface area contributed by atoms with E-state index < -0.39 is 0 Å². The average Bonchev–Trinajstić information content (AvgIpc) is 2.85. The van der Waals surface area contributed by atoms with Crippen LogP contribution >= 0.6 is 0 Å². The van der Waals surface area contributed by atoms with Gasteiger partial charge in [0.1, 0.15) is 17.5 Å². The van der Waals surface area contributed by atoms with E-state index in [4.69, 9.17) is 5.84 Å². The van der Waals surface area contributed by atoms with Gasteiger partial charge in [0.05, 0.1) is 0 Å². The molecule has 5 heteroatoms. The van der Waals surface area contributed by atoms with Crippen LogP contribution in [0.4, 0.5) is 11.6 Å². The molecule has 0 aromatic carbocycles. The van der Waals surface area contributed by atoms with Gasteiger partial charge >= 0.3 is 0 Å². The number of nitrogens with one attached hydrogen (secondary N) is 2. The smallest absolute Gasteiger partial charge is 0.145 e. The molecule has 5 nitrogen and oxygen atoms in total. The lowest BCUT2D eigenvalue weighted by Gasteiger charge is -2.12. The largest absolute Gasteiger partial charge is 0.367 e. The monoisotopic (exact) mass is 259 g/mol. The van der Waals surface area contributed by atoms with E-state index in [0.717, 1.165) is 41.7 Å². The number of nitrogens with two attached hydrogens (primary N) is 1. The van der Waals surface area contributed by atoms with Crippen molar-refractivity contribution in [3.8, 4) is 0 Å². The van der Waals surface area contributed by atoms with Crippen LogP contribution in [0.2, 0.25) is 0 Å². The van der Waals surface area contributed by atoms with E-state index in [0.29, 0.717) is 11.9 Å². The lowest BCUT2D eigenvalue weighted by Crippen LogP contribution is -2.16. The van der Waals surface area contributed by atoms with Crippen molar-refractivity contribution < 1.29 is 0 Å². The van der Waals surface area contributed by atoms with Crippen molar-refractivity contribution in [2.75, 3.05) is 10.7 Å². The average molecular weight is 259 g/mol. The molecule has 0 aliphatic heterocycles. The fourth-order valence-corrected chi connectivity index (χ4v) is 4.49. The summed E-state index contributed by atoms with van der Waals surface area (Å²) in [5.74, 6) is 11.7. The third-order valence-electron chi connectivity index (χ3n) is 5.29. The Hall–Kier alpha value is -1.36. The number of anilines is 2. The summed E-state index contributed by atoms with van der Waals surface area (Å²) >= 11 is 0. The van der Waals surface area contributed by atoms with Crippen molar-refractivity contribution in [1.82, 2.24) is 9.97 Å². The summed E-state index contributed by atoms with van der Waals surface area (Å²) in [5, 5.41) is 3.62. The number of rotatable bonds is 4. The molecule has 3 aliphatic rings. The number of aryl methyl sites for hydroxylation is 1. The molecule has 4 atom stereocenters. The predicted molar refractivity (Wildman–Crippen MR) is 74.4 cm³/mol. The highest BCUT2D eigenvalue weighted by Gasteiger charge is 2.65. The van der Waals surface area contributed by atoms with Gasteiger partial charge in [-0.05, 0) is 42.9 Å². The minimum absolute atomic E-state index is 0.650. The molecule has 4 unspecified atom stereocenters. The van der Waals surface area contributed by atoms with Gasteiger partial charge in [0.25, 0.3) is 0 Å². The van der Waals surface area contributed by atoms with Crippen LogP contribution in [-0.2, 0) is 6.42 Å². The van der Waals surface area contributed by atoms with Crippen molar-refractivity contribution in [2.24, 2.45) is 29.5 Å². The second-order valence-corrected chi connectivity index (χ2v) is 6.21. The van der Waals surface area contributed by atoms with Gasteiger partial charge < -0.3 is 10.7 Å². The number of hydrogen-bond donors (Lipinski definition) is 3. The topological polar surface area (TPSA) is 75.9 Å². The van der Waals surface area contributed by atoms with Gasteiger partial charge in [-0.25, -0.2) is 15.8 Å². The molecule has 0 radical (unpaired) electrons. The highest BCUT2D eigenvalue weighted by Crippen LogP contribution is 2.66. The van der Waals surface area contributed by atoms with Crippen LogP contribution in [0.3, 0.4) is 0 Å². The van der Waals surface area contributed by atoms with Crippen molar-refractivity contribution in [2.45, 2.75) is 38.6 Å². The zero-order valence-corrected chi connectivity index (χ0v) is 11.3. The molecule has 0 spiro atoms. The van der Waals surface area contributed by atoms with E-state index in [9.17, 15) is 0 Å². The molecule has 1 heterocycles. The summed E-state index contributed by atoms with van der Waals surface area (Å²) in [6.07, 6.45) is 5.20. The Morgan fingerprint density at radius 3 is 2.53 bits per heavy atom. The number of nitrogen functional groups attached to an aromatic ring is 1. The Kier molecular flexibility index (Phi) is 2.45. The highest BCUT2D eigenvalue weighted by molar-refractivity contribution is 5.49. The van der Waals surface area contributed by atoms with E-state index in [1.54, 1.807) is 0 Å². The molecule has 2 bridgehead atoms. The second kappa shape index (κ2) is 4.07. The van der Waals surface area contributed by atoms with E-state index in [1.165, 1.54) is 19.3 Å². The molecule has 19 heavy (non-hydrogen) atoms. The summed E-state index contributed by atoms with van der Waals surface area (Å²) in [6.45, 7) is 2.06. The van der Waals surface area contributed by atoms with Crippen LogP contribution in [-0.4, -0.2) is 16.0 Å². The highest BCUT2D eigenvalue weighted by atomic mass is 15.3. The zero-order chi connectivity index (χ0) is 13.0. The van der Waals surface area contributed by atoms with Crippen LogP contribution in [0, 0.1) is 23.7 Å². The summed E-state index contributed by atoms with van der Waals surface area (Å²) in [6, 6.07) is 2.56. The van der Waals surface area contributed by atoms with Crippen LogP contribution in [0.15, 0.2) is 6.07 Å². The standard InChI is InChI=1S/C14H21N5/c1-2-9-16-10(6-11(17-9)19-15)18-14-12-7-3-4-8(5-7)13(12)14/h6-8,12-14H,2-5,15H2,1H3,(H2,16,17,18,19). The van der Waals surface area contributed by atoms with Crippen LogP contribution in [0.5, 0.6) is 0 Å². The number of aromatic nitrogens is 2. The summed E-state index contributed by atoms with van der Waals surface area (Å²) < 4.78 is 0. The van der Waals surface area contributed by atoms with Gasteiger partial charge in [-0.2, -0.15) is 0 Å². The van der Waals surface area contributed by atoms with Gasteiger partial charge in [-0.3, -0.25) is 0 Å². The third kappa shape index (κ3) is 1.71. The molecule has 4 rings (SSSR count). The second-order valence-electron chi connectivity index (χ2n) is 6.21. The fraction of sp³-hybridized carbons (Fsp3) is 0.714. The molecule has 3 fully saturated rings. The first-order chi connectivity index (χ1) is 9.30. The van der Waals surface area contributed by atoms with Crippen molar-refractivity contribution in [3.05, 3.63) is 11.9 Å². The molecular weight excluding hydrogens is 238 g/mol.